The van der Waals surface area contributed by atoms with E-state index >= 15 is 0 Å². The fourth-order valence-corrected chi connectivity index (χ4v) is 9.27. The summed E-state index contributed by atoms with van der Waals surface area (Å²) in [6, 6.07) is 5.84. The standard InChI is InChI=1S/C30H44N2O5Si/c1-20(2)9-7-10-21(3)14-17-32-25-13-12-23(31-16-8-11-27(31)34)19-24(25)30(29(32)35)22(4)28(38(5,6)36)26(37-30)15-18-33/h9,12-14,19,22,26,28,33,36H,7-8,10-11,15-18H2,1-6H3/b21-14+/t22-,26+,28-,30+/m0/s1. The second-order valence-corrected chi connectivity index (χ2v) is 16.0. The van der Waals surface area contributed by atoms with Crippen LogP contribution in [0.5, 0.6) is 0 Å². The Labute approximate surface area is 228 Å². The number of carbonyl (C=O) groups is 2. The van der Waals surface area contributed by atoms with Gasteiger partial charge in [-0.3, -0.25) is 9.59 Å². The first-order chi connectivity index (χ1) is 17.9. The molecule has 3 aliphatic rings. The normalized spacial score (nSPS) is 27.6. The Morgan fingerprint density at radius 2 is 1.95 bits per heavy atom. The van der Waals surface area contributed by atoms with E-state index in [1.165, 1.54) is 11.1 Å². The highest BCUT2D eigenvalue weighted by Gasteiger charge is 2.66. The zero-order valence-corrected chi connectivity index (χ0v) is 24.8. The number of fused-ring (bicyclic) bond motifs is 2. The Balaban J connectivity index is 1.76. The highest BCUT2D eigenvalue weighted by Crippen LogP contribution is 2.60. The van der Waals surface area contributed by atoms with Gasteiger partial charge in [-0.05, 0) is 77.7 Å². The third kappa shape index (κ3) is 5.16. The minimum Gasteiger partial charge on any atom is -0.432 e. The van der Waals surface area contributed by atoms with Gasteiger partial charge in [-0.2, -0.15) is 0 Å². The van der Waals surface area contributed by atoms with Gasteiger partial charge in [0.15, 0.2) is 13.9 Å². The number of benzene rings is 1. The summed E-state index contributed by atoms with van der Waals surface area (Å²) in [7, 11) is -2.75. The van der Waals surface area contributed by atoms with Crippen molar-refractivity contribution in [3.63, 3.8) is 0 Å². The molecule has 0 bridgehead atoms. The van der Waals surface area contributed by atoms with Crippen LogP contribution in [0.4, 0.5) is 11.4 Å². The van der Waals surface area contributed by atoms with Crippen LogP contribution in [-0.2, 0) is 19.9 Å². The molecule has 0 saturated carbocycles. The molecule has 1 spiro atoms. The first kappa shape index (κ1) is 28.7. The van der Waals surface area contributed by atoms with E-state index in [-0.39, 0.29) is 29.9 Å². The summed E-state index contributed by atoms with van der Waals surface area (Å²) in [5, 5.41) is 9.81. The minimum atomic E-state index is -2.75. The van der Waals surface area contributed by atoms with Gasteiger partial charge in [0.1, 0.15) is 0 Å². The molecule has 3 heterocycles. The van der Waals surface area contributed by atoms with Gasteiger partial charge in [-0.25, -0.2) is 0 Å². The number of nitrogens with zero attached hydrogens (tertiary/aromatic N) is 2. The lowest BCUT2D eigenvalue weighted by atomic mass is 9.82. The number of ether oxygens (including phenoxy) is 1. The lowest BCUT2D eigenvalue weighted by Crippen LogP contribution is -2.46. The minimum absolute atomic E-state index is 0.0743. The van der Waals surface area contributed by atoms with Gasteiger partial charge in [-0.1, -0.05) is 30.2 Å². The fraction of sp³-hybridized carbons (Fsp3) is 0.600. The van der Waals surface area contributed by atoms with E-state index in [9.17, 15) is 19.5 Å². The third-order valence-corrected chi connectivity index (χ3v) is 11.0. The van der Waals surface area contributed by atoms with Gasteiger partial charge in [0.05, 0.1) is 11.8 Å². The van der Waals surface area contributed by atoms with Crippen LogP contribution in [0, 0.1) is 5.92 Å². The Kier molecular flexibility index (Phi) is 8.38. The third-order valence-electron chi connectivity index (χ3n) is 8.48. The largest absolute Gasteiger partial charge is 0.432 e. The topological polar surface area (TPSA) is 90.3 Å². The average Bonchev–Trinajstić information content (AvgIpc) is 3.46. The second kappa shape index (κ2) is 11.1. The first-order valence-electron chi connectivity index (χ1n) is 14.0. The number of anilines is 2. The molecule has 0 aromatic heterocycles. The molecule has 8 heteroatoms. The Morgan fingerprint density at radius 3 is 2.55 bits per heavy atom. The van der Waals surface area contributed by atoms with Crippen LogP contribution in [0.25, 0.3) is 0 Å². The highest BCUT2D eigenvalue weighted by molar-refractivity contribution is 6.71. The number of amides is 2. The van der Waals surface area contributed by atoms with E-state index in [1.807, 2.05) is 38.2 Å². The van der Waals surface area contributed by atoms with Crippen molar-refractivity contribution in [3.8, 4) is 0 Å². The van der Waals surface area contributed by atoms with Crippen LogP contribution in [-0.4, -0.2) is 55.8 Å². The molecule has 1 aromatic rings. The molecular weight excluding hydrogens is 496 g/mol. The molecule has 3 aliphatic heterocycles. The number of aliphatic hydroxyl groups is 1. The Hall–Kier alpha value is -2.26. The lowest BCUT2D eigenvalue weighted by Gasteiger charge is -2.32. The monoisotopic (exact) mass is 540 g/mol. The summed E-state index contributed by atoms with van der Waals surface area (Å²) >= 11 is 0. The predicted molar refractivity (Wildman–Crippen MR) is 154 cm³/mol. The fourth-order valence-electron chi connectivity index (χ4n) is 6.67. The van der Waals surface area contributed by atoms with Crippen molar-refractivity contribution in [1.29, 1.82) is 0 Å². The smallest absolute Gasteiger partial charge is 0.264 e. The van der Waals surface area contributed by atoms with Gasteiger partial charge in [0.2, 0.25) is 5.91 Å². The molecule has 0 aliphatic carbocycles. The molecule has 38 heavy (non-hydrogen) atoms. The van der Waals surface area contributed by atoms with E-state index in [0.29, 0.717) is 25.9 Å². The summed E-state index contributed by atoms with van der Waals surface area (Å²) in [5.74, 6) is -0.313. The van der Waals surface area contributed by atoms with Crippen molar-refractivity contribution in [2.45, 2.75) is 90.1 Å². The van der Waals surface area contributed by atoms with Crippen molar-refractivity contribution in [2.24, 2.45) is 5.92 Å². The van der Waals surface area contributed by atoms with Crippen LogP contribution in [0.3, 0.4) is 0 Å². The molecule has 4 atom stereocenters. The molecule has 2 fully saturated rings. The number of hydrogen-bond donors (Lipinski definition) is 2. The highest BCUT2D eigenvalue weighted by atomic mass is 28.4. The summed E-state index contributed by atoms with van der Waals surface area (Å²) in [6.45, 7) is 13.1. The van der Waals surface area contributed by atoms with Crippen LogP contribution in [0.1, 0.15) is 65.4 Å². The summed E-state index contributed by atoms with van der Waals surface area (Å²) in [5.41, 5.74) is 3.40. The van der Waals surface area contributed by atoms with Crippen LogP contribution >= 0.6 is 0 Å². The zero-order valence-electron chi connectivity index (χ0n) is 23.8. The van der Waals surface area contributed by atoms with E-state index in [0.717, 1.165) is 36.2 Å². The zero-order chi connectivity index (χ0) is 27.8. The SMILES string of the molecule is CC(C)=CCC/C(C)=C/CN1C(=O)[C@]2(O[C@H](CCO)[C@@H]([Si](C)(C)O)[C@@H]2C)c2cc(N3CCCC3=O)ccc21. The van der Waals surface area contributed by atoms with Crippen molar-refractivity contribution >= 4 is 31.5 Å². The predicted octanol–water partition coefficient (Wildman–Crippen LogP) is 5.03. The van der Waals surface area contributed by atoms with Crippen LogP contribution in [0.2, 0.25) is 18.6 Å². The molecule has 7 nitrogen and oxygen atoms in total. The van der Waals surface area contributed by atoms with Gasteiger partial charge in [0.25, 0.3) is 5.91 Å². The number of carbonyl (C=O) groups excluding carboxylic acids is 2. The van der Waals surface area contributed by atoms with Gasteiger partial charge in [-0.15, -0.1) is 0 Å². The van der Waals surface area contributed by atoms with E-state index < -0.39 is 20.0 Å². The Bertz CT molecular complexity index is 1140. The molecular formula is C30H44N2O5Si. The molecule has 2 saturated heterocycles. The molecule has 0 unspecified atom stereocenters. The van der Waals surface area contributed by atoms with Crippen molar-refractivity contribution in [1.82, 2.24) is 0 Å². The number of hydrogen-bond acceptors (Lipinski definition) is 5. The van der Waals surface area contributed by atoms with E-state index in [2.05, 4.69) is 32.9 Å². The van der Waals surface area contributed by atoms with Crippen molar-refractivity contribution in [3.05, 3.63) is 47.1 Å². The average molecular weight is 541 g/mol. The maximum absolute atomic E-state index is 14.4. The number of allylic oxidation sites excluding steroid dienone is 3. The summed E-state index contributed by atoms with van der Waals surface area (Å²) in [6.07, 6.45) is 7.53. The van der Waals surface area contributed by atoms with Gasteiger partial charge >= 0.3 is 0 Å². The molecule has 208 valence electrons. The molecule has 1 aromatic carbocycles. The molecule has 4 rings (SSSR count). The maximum atomic E-state index is 14.4. The number of aliphatic hydroxyl groups excluding tert-OH is 1. The molecule has 0 radical (unpaired) electrons. The molecule has 2 N–H and O–H groups in total. The lowest BCUT2D eigenvalue weighted by molar-refractivity contribution is -0.146. The maximum Gasteiger partial charge on any atom is 0.264 e. The van der Waals surface area contributed by atoms with E-state index in [4.69, 9.17) is 4.74 Å². The summed E-state index contributed by atoms with van der Waals surface area (Å²) < 4.78 is 6.70. The second-order valence-electron chi connectivity index (χ2n) is 12.0. The van der Waals surface area contributed by atoms with E-state index in [1.54, 1.807) is 9.80 Å². The van der Waals surface area contributed by atoms with Gasteiger partial charge in [0, 0.05) is 48.8 Å². The van der Waals surface area contributed by atoms with Crippen molar-refractivity contribution in [2.75, 3.05) is 29.5 Å². The van der Waals surface area contributed by atoms with Crippen molar-refractivity contribution < 1.29 is 24.2 Å². The Morgan fingerprint density at radius 1 is 1.21 bits per heavy atom. The van der Waals surface area contributed by atoms with Crippen LogP contribution in [0.15, 0.2) is 41.5 Å². The van der Waals surface area contributed by atoms with Crippen LogP contribution < -0.4 is 9.80 Å². The summed E-state index contributed by atoms with van der Waals surface area (Å²) in [4.78, 5) is 41.8. The van der Waals surface area contributed by atoms with Gasteiger partial charge < -0.3 is 24.4 Å². The number of rotatable bonds is 9. The quantitative estimate of drug-likeness (QED) is 0.339. The first-order valence-corrected chi connectivity index (χ1v) is 17.0. The molecule has 2 amide bonds.